The lowest BCUT2D eigenvalue weighted by Gasteiger charge is -2.35. The fourth-order valence-electron chi connectivity index (χ4n) is 3.93. The van der Waals surface area contributed by atoms with E-state index in [1.54, 1.807) is 24.3 Å². The zero-order valence-electron chi connectivity index (χ0n) is 20.5. The van der Waals surface area contributed by atoms with Crippen LogP contribution in [0.1, 0.15) is 18.4 Å². The minimum Gasteiger partial charge on any atom is -0.460 e. The number of amides is 3. The highest BCUT2D eigenvalue weighted by atomic mass is 19.1. The van der Waals surface area contributed by atoms with E-state index in [4.69, 9.17) is 9.47 Å². The van der Waals surface area contributed by atoms with Crippen molar-refractivity contribution < 1.29 is 37.7 Å². The molecule has 202 valence electrons. The summed E-state index contributed by atoms with van der Waals surface area (Å²) in [6.07, 6.45) is 1.21. The van der Waals surface area contributed by atoms with Gasteiger partial charge in [-0.05, 0) is 24.5 Å². The van der Waals surface area contributed by atoms with Gasteiger partial charge in [0.2, 0.25) is 5.91 Å². The molecule has 0 atom stereocenters. The van der Waals surface area contributed by atoms with Crippen molar-refractivity contribution in [3.8, 4) is 11.5 Å². The monoisotopic (exact) mass is 538 g/mol. The van der Waals surface area contributed by atoms with Gasteiger partial charge in [0, 0.05) is 24.4 Å². The van der Waals surface area contributed by atoms with E-state index < -0.39 is 52.5 Å². The highest BCUT2D eigenvalue weighted by molar-refractivity contribution is 6.11. The summed E-state index contributed by atoms with van der Waals surface area (Å²) in [4.78, 5) is 42.9. The van der Waals surface area contributed by atoms with Gasteiger partial charge in [-0.25, -0.2) is 18.6 Å². The van der Waals surface area contributed by atoms with E-state index in [1.807, 2.05) is 6.07 Å². The SMILES string of the molecule is O=C(Nc1cc(Oc2cc(F)c(NC(=O)C3(C(=O)OCc4ccccc4)CC3)cc2F)ccn1)N1CC(O)C1. The zero-order valence-corrected chi connectivity index (χ0v) is 20.5. The Morgan fingerprint density at radius 1 is 1.03 bits per heavy atom. The first-order valence-corrected chi connectivity index (χ1v) is 12.1. The maximum Gasteiger partial charge on any atom is 0.323 e. The molecule has 5 rings (SSSR count). The molecule has 3 amide bonds. The number of hydrogen-bond donors (Lipinski definition) is 3. The second-order valence-corrected chi connectivity index (χ2v) is 9.33. The Hall–Kier alpha value is -4.58. The van der Waals surface area contributed by atoms with Crippen molar-refractivity contribution in [2.24, 2.45) is 5.41 Å². The zero-order chi connectivity index (χ0) is 27.6. The van der Waals surface area contributed by atoms with Gasteiger partial charge in [-0.1, -0.05) is 30.3 Å². The van der Waals surface area contributed by atoms with Crippen molar-refractivity contribution in [2.75, 3.05) is 23.7 Å². The Kier molecular flexibility index (Phi) is 7.11. The smallest absolute Gasteiger partial charge is 0.323 e. The number of nitrogens with one attached hydrogen (secondary N) is 2. The Morgan fingerprint density at radius 3 is 2.46 bits per heavy atom. The van der Waals surface area contributed by atoms with Crippen molar-refractivity contribution in [3.63, 3.8) is 0 Å². The Bertz CT molecular complexity index is 1410. The third kappa shape index (κ3) is 5.80. The summed E-state index contributed by atoms with van der Waals surface area (Å²) < 4.78 is 40.3. The van der Waals surface area contributed by atoms with Crippen molar-refractivity contribution in [3.05, 3.63) is 78.0 Å². The second kappa shape index (κ2) is 10.7. The molecule has 10 nitrogen and oxygen atoms in total. The lowest BCUT2D eigenvalue weighted by molar-refractivity contribution is -0.154. The molecule has 0 unspecified atom stereocenters. The van der Waals surface area contributed by atoms with E-state index >= 15 is 0 Å². The summed E-state index contributed by atoms with van der Waals surface area (Å²) in [6.45, 7) is 0.391. The molecule has 2 aliphatic rings. The van der Waals surface area contributed by atoms with Gasteiger partial charge >= 0.3 is 12.0 Å². The molecule has 3 N–H and O–H groups in total. The molecule has 0 spiro atoms. The fourth-order valence-corrected chi connectivity index (χ4v) is 3.93. The number of pyridine rings is 1. The van der Waals surface area contributed by atoms with E-state index in [0.717, 1.165) is 17.7 Å². The van der Waals surface area contributed by atoms with E-state index in [0.29, 0.717) is 0 Å². The molecule has 12 heteroatoms. The molecular formula is C27H24F2N4O6. The number of benzene rings is 2. The number of aliphatic hydroxyl groups is 1. The third-order valence-corrected chi connectivity index (χ3v) is 6.40. The molecule has 0 radical (unpaired) electrons. The van der Waals surface area contributed by atoms with Gasteiger partial charge in [-0.2, -0.15) is 0 Å². The summed E-state index contributed by atoms with van der Waals surface area (Å²) in [7, 11) is 0. The Balaban J connectivity index is 1.21. The number of carbonyl (C=O) groups excluding carboxylic acids is 3. The number of anilines is 2. The van der Waals surface area contributed by atoms with Gasteiger partial charge in [-0.3, -0.25) is 14.9 Å². The van der Waals surface area contributed by atoms with Crippen LogP contribution in [0.25, 0.3) is 0 Å². The van der Waals surface area contributed by atoms with E-state index in [2.05, 4.69) is 15.6 Å². The van der Waals surface area contributed by atoms with Crippen LogP contribution in [0.3, 0.4) is 0 Å². The number of aliphatic hydroxyl groups excluding tert-OH is 1. The number of halogens is 2. The number of carbonyl (C=O) groups is 3. The van der Waals surface area contributed by atoms with E-state index in [1.165, 1.54) is 23.2 Å². The standard InChI is InChI=1S/C27H24F2N4O6/c28-19-12-22(39-18-6-9-30-23(10-18)32-26(37)33-13-17(34)14-33)20(29)11-21(19)31-24(35)27(7-8-27)25(36)38-15-16-4-2-1-3-5-16/h1-6,9-12,17,34H,7-8,13-15H2,(H,31,35)(H,30,32,37). The molecule has 39 heavy (non-hydrogen) atoms. The summed E-state index contributed by atoms with van der Waals surface area (Å²) in [5.41, 5.74) is -1.14. The highest BCUT2D eigenvalue weighted by Crippen LogP contribution is 2.48. The van der Waals surface area contributed by atoms with Crippen LogP contribution in [-0.2, 0) is 20.9 Å². The third-order valence-electron chi connectivity index (χ3n) is 6.40. The largest absolute Gasteiger partial charge is 0.460 e. The average Bonchev–Trinajstić information content (AvgIpc) is 3.71. The molecule has 3 aromatic rings. The normalized spacial score (nSPS) is 15.6. The topological polar surface area (TPSA) is 130 Å². The van der Waals surface area contributed by atoms with E-state index in [-0.39, 0.29) is 44.1 Å². The molecule has 1 aliphatic heterocycles. The van der Waals surface area contributed by atoms with Crippen LogP contribution in [0.5, 0.6) is 11.5 Å². The van der Waals surface area contributed by atoms with Crippen LogP contribution in [-0.4, -0.2) is 52.1 Å². The first kappa shape index (κ1) is 26.0. The van der Waals surface area contributed by atoms with Crippen molar-refractivity contribution in [1.29, 1.82) is 0 Å². The first-order valence-electron chi connectivity index (χ1n) is 12.1. The van der Waals surface area contributed by atoms with Gasteiger partial charge in [-0.15, -0.1) is 0 Å². The number of nitrogens with zero attached hydrogens (tertiary/aromatic N) is 2. The highest BCUT2D eigenvalue weighted by Gasteiger charge is 2.58. The molecule has 2 aromatic carbocycles. The molecule has 1 saturated heterocycles. The molecule has 2 heterocycles. The summed E-state index contributed by atoms with van der Waals surface area (Å²) in [5, 5.41) is 14.1. The molecular weight excluding hydrogens is 514 g/mol. The Morgan fingerprint density at radius 2 is 1.77 bits per heavy atom. The van der Waals surface area contributed by atoms with Gasteiger partial charge < -0.3 is 24.8 Å². The summed E-state index contributed by atoms with van der Waals surface area (Å²) in [6, 6.07) is 12.7. The number of ether oxygens (including phenoxy) is 2. The minimum atomic E-state index is -1.45. The van der Waals surface area contributed by atoms with Crippen molar-refractivity contribution in [1.82, 2.24) is 9.88 Å². The van der Waals surface area contributed by atoms with Gasteiger partial charge in [0.25, 0.3) is 0 Å². The maximum absolute atomic E-state index is 14.8. The summed E-state index contributed by atoms with van der Waals surface area (Å²) >= 11 is 0. The molecule has 1 aromatic heterocycles. The predicted octanol–water partition coefficient (Wildman–Crippen LogP) is 3.82. The molecule has 0 bridgehead atoms. The summed E-state index contributed by atoms with van der Waals surface area (Å²) in [5.74, 6) is -3.75. The Labute approximate surface area is 221 Å². The number of β-amino-alcohol motifs (C(OH)–C–C–N with tert-alkyl or cyclic N) is 1. The predicted molar refractivity (Wildman–Crippen MR) is 134 cm³/mol. The maximum atomic E-state index is 14.8. The van der Waals surface area contributed by atoms with Gasteiger partial charge in [0.1, 0.15) is 23.6 Å². The average molecular weight is 539 g/mol. The van der Waals surface area contributed by atoms with Crippen LogP contribution >= 0.6 is 0 Å². The number of hydrogen-bond acceptors (Lipinski definition) is 7. The van der Waals surface area contributed by atoms with Crippen molar-refractivity contribution in [2.45, 2.75) is 25.6 Å². The van der Waals surface area contributed by atoms with Crippen LogP contribution in [0.15, 0.2) is 60.8 Å². The fraction of sp³-hybridized carbons (Fsp3) is 0.259. The minimum absolute atomic E-state index is 0.00842. The number of likely N-dealkylation sites (tertiary alicyclic amines) is 1. The van der Waals surface area contributed by atoms with Crippen molar-refractivity contribution >= 4 is 29.4 Å². The van der Waals surface area contributed by atoms with E-state index in [9.17, 15) is 28.3 Å². The number of esters is 1. The second-order valence-electron chi connectivity index (χ2n) is 9.33. The van der Waals surface area contributed by atoms with Gasteiger partial charge in [0.15, 0.2) is 17.4 Å². The van der Waals surface area contributed by atoms with Crippen LogP contribution in [0.2, 0.25) is 0 Å². The molecule has 1 saturated carbocycles. The first-order chi connectivity index (χ1) is 18.7. The lowest BCUT2D eigenvalue weighted by Crippen LogP contribution is -2.54. The van der Waals surface area contributed by atoms with Crippen LogP contribution < -0.4 is 15.4 Å². The molecule has 1 aliphatic carbocycles. The lowest BCUT2D eigenvalue weighted by atomic mass is 10.1. The number of aromatic nitrogens is 1. The van der Waals surface area contributed by atoms with Crippen LogP contribution in [0, 0.1) is 17.0 Å². The van der Waals surface area contributed by atoms with Gasteiger partial charge in [0.05, 0.1) is 24.9 Å². The number of rotatable bonds is 8. The number of urea groups is 1. The van der Waals surface area contributed by atoms with Crippen LogP contribution in [0.4, 0.5) is 25.1 Å². The molecule has 2 fully saturated rings. The quantitative estimate of drug-likeness (QED) is 0.294.